The number of esters is 1. The molecule has 1 aromatic carbocycles. The van der Waals surface area contributed by atoms with E-state index in [2.05, 4.69) is 20.1 Å². The summed E-state index contributed by atoms with van der Waals surface area (Å²) in [6.07, 6.45) is -3.99. The highest BCUT2D eigenvalue weighted by Crippen LogP contribution is 2.34. The lowest BCUT2D eigenvalue weighted by Gasteiger charge is -2.18. The van der Waals surface area contributed by atoms with Crippen molar-refractivity contribution < 1.29 is 27.5 Å². The first-order valence-corrected chi connectivity index (χ1v) is 9.66. The molecule has 2 aromatic rings. The van der Waals surface area contributed by atoms with Gasteiger partial charge in [-0.2, -0.15) is 18.3 Å². The molecule has 30 heavy (non-hydrogen) atoms. The number of rotatable bonds is 9. The predicted molar refractivity (Wildman–Crippen MR) is 105 cm³/mol. The van der Waals surface area contributed by atoms with Crippen LogP contribution >= 0.6 is 0 Å². The molecule has 0 saturated carbocycles. The minimum atomic E-state index is -4.82. The highest BCUT2D eigenvalue weighted by molar-refractivity contribution is 5.94. The van der Waals surface area contributed by atoms with Crippen molar-refractivity contribution in [2.75, 3.05) is 32.8 Å². The zero-order valence-corrected chi connectivity index (χ0v) is 17.1. The van der Waals surface area contributed by atoms with Gasteiger partial charge in [0.25, 0.3) is 5.91 Å². The number of halogens is 3. The van der Waals surface area contributed by atoms with Gasteiger partial charge in [0.2, 0.25) is 0 Å². The van der Waals surface area contributed by atoms with E-state index >= 15 is 0 Å². The summed E-state index contributed by atoms with van der Waals surface area (Å²) in [6, 6.07) is 5.51. The number of ether oxygens (including phenoxy) is 1. The van der Waals surface area contributed by atoms with Gasteiger partial charge >= 0.3 is 12.1 Å². The topological polar surface area (TPSA) is 76.5 Å². The van der Waals surface area contributed by atoms with Gasteiger partial charge in [-0.05, 0) is 44.3 Å². The van der Waals surface area contributed by atoms with Crippen LogP contribution in [0.2, 0.25) is 0 Å². The van der Waals surface area contributed by atoms with Crippen molar-refractivity contribution in [1.29, 1.82) is 0 Å². The van der Waals surface area contributed by atoms with Gasteiger partial charge in [-0.15, -0.1) is 0 Å². The van der Waals surface area contributed by atoms with Crippen LogP contribution in [0.1, 0.15) is 47.2 Å². The monoisotopic (exact) mass is 426 g/mol. The number of carbonyl (C=O) groups excluding carboxylic acids is 2. The van der Waals surface area contributed by atoms with Crippen molar-refractivity contribution >= 4 is 11.9 Å². The largest absolute Gasteiger partial charge is 0.462 e. The molecular weight excluding hydrogens is 401 g/mol. The van der Waals surface area contributed by atoms with E-state index in [4.69, 9.17) is 0 Å². The number of hydrogen-bond acceptors (Lipinski definition) is 5. The summed E-state index contributed by atoms with van der Waals surface area (Å²) >= 11 is 0. The Morgan fingerprint density at radius 2 is 1.77 bits per heavy atom. The molecule has 0 aliphatic heterocycles. The molecule has 0 unspecified atom stereocenters. The number of nitrogens with zero attached hydrogens (tertiary/aromatic N) is 3. The molecule has 1 amide bonds. The quantitative estimate of drug-likeness (QED) is 0.624. The van der Waals surface area contributed by atoms with Gasteiger partial charge in [0, 0.05) is 18.7 Å². The van der Waals surface area contributed by atoms with Gasteiger partial charge in [-0.3, -0.25) is 4.79 Å². The molecule has 0 aliphatic rings. The van der Waals surface area contributed by atoms with Crippen LogP contribution in [0.25, 0.3) is 5.69 Å². The van der Waals surface area contributed by atoms with E-state index in [0.29, 0.717) is 23.3 Å². The fraction of sp³-hybridized carbons (Fsp3) is 0.450. The van der Waals surface area contributed by atoms with Crippen LogP contribution < -0.4 is 5.32 Å². The van der Waals surface area contributed by atoms with E-state index in [1.807, 2.05) is 13.8 Å². The average molecular weight is 426 g/mol. The normalized spacial score (nSPS) is 11.6. The van der Waals surface area contributed by atoms with E-state index in [9.17, 15) is 22.8 Å². The second-order valence-electron chi connectivity index (χ2n) is 6.37. The molecule has 10 heteroatoms. The van der Waals surface area contributed by atoms with E-state index in [-0.39, 0.29) is 18.2 Å². The first-order valence-electron chi connectivity index (χ1n) is 9.66. The summed E-state index contributed by atoms with van der Waals surface area (Å²) in [7, 11) is 0. The third-order valence-corrected chi connectivity index (χ3v) is 4.52. The van der Waals surface area contributed by atoms with Crippen LogP contribution in [0, 0.1) is 0 Å². The highest BCUT2D eigenvalue weighted by Gasteiger charge is 2.41. The lowest BCUT2D eigenvalue weighted by atomic mass is 10.2. The number of aromatic nitrogens is 2. The predicted octanol–water partition coefficient (Wildman–Crippen LogP) is 3.14. The average Bonchev–Trinajstić information content (AvgIpc) is 3.17. The third kappa shape index (κ3) is 5.59. The van der Waals surface area contributed by atoms with Crippen LogP contribution in [-0.4, -0.2) is 59.3 Å². The van der Waals surface area contributed by atoms with Crippen molar-refractivity contribution in [2.24, 2.45) is 0 Å². The fourth-order valence-corrected chi connectivity index (χ4v) is 2.90. The molecule has 0 saturated heterocycles. The molecule has 164 valence electrons. The summed E-state index contributed by atoms with van der Waals surface area (Å²) in [5.74, 6) is -1.42. The van der Waals surface area contributed by atoms with Gasteiger partial charge in [0.15, 0.2) is 5.69 Å². The molecule has 0 spiro atoms. The number of likely N-dealkylation sites (N-methyl/N-ethyl adjacent to an activating group) is 1. The summed E-state index contributed by atoms with van der Waals surface area (Å²) in [4.78, 5) is 26.3. The Hall–Kier alpha value is -2.88. The third-order valence-electron chi connectivity index (χ3n) is 4.52. The summed E-state index contributed by atoms with van der Waals surface area (Å²) in [6.45, 7) is 8.42. The van der Waals surface area contributed by atoms with Crippen LogP contribution in [0.15, 0.2) is 30.5 Å². The molecule has 0 radical (unpaired) electrons. The smallest absolute Gasteiger partial charge is 0.434 e. The Morgan fingerprint density at radius 1 is 1.13 bits per heavy atom. The standard InChI is InChI=1S/C20H25F3N4O3/c1-4-26(5-2)12-11-24-18(28)14-7-9-15(10-8-14)27-17(20(21,22)23)16(13-25-27)19(29)30-6-3/h7-10,13H,4-6,11-12H2,1-3H3,(H,24,28). The van der Waals surface area contributed by atoms with Gasteiger partial charge < -0.3 is 15.0 Å². The zero-order chi connectivity index (χ0) is 22.3. The van der Waals surface area contributed by atoms with Crippen molar-refractivity contribution in [3.63, 3.8) is 0 Å². The van der Waals surface area contributed by atoms with E-state index in [0.717, 1.165) is 19.3 Å². The molecule has 0 bridgehead atoms. The maximum absolute atomic E-state index is 13.6. The van der Waals surface area contributed by atoms with Crippen molar-refractivity contribution in [1.82, 2.24) is 20.0 Å². The maximum Gasteiger partial charge on any atom is 0.434 e. The summed E-state index contributed by atoms with van der Waals surface area (Å²) < 4.78 is 46.0. The van der Waals surface area contributed by atoms with Crippen LogP contribution in [0.4, 0.5) is 13.2 Å². The highest BCUT2D eigenvalue weighted by atomic mass is 19.4. The Morgan fingerprint density at radius 3 is 2.30 bits per heavy atom. The number of amides is 1. The second kappa shape index (κ2) is 10.2. The molecular formula is C20H25F3N4O3. The van der Waals surface area contributed by atoms with Gasteiger partial charge in [0.05, 0.1) is 18.5 Å². The number of alkyl halides is 3. The molecule has 2 rings (SSSR count). The lowest BCUT2D eigenvalue weighted by Crippen LogP contribution is -2.34. The van der Waals surface area contributed by atoms with Crippen molar-refractivity contribution in [3.05, 3.63) is 47.3 Å². The lowest BCUT2D eigenvalue weighted by molar-refractivity contribution is -0.143. The second-order valence-corrected chi connectivity index (χ2v) is 6.37. The first-order chi connectivity index (χ1) is 14.2. The molecule has 1 aromatic heterocycles. The van der Waals surface area contributed by atoms with Gasteiger partial charge in [0.1, 0.15) is 5.56 Å². The maximum atomic E-state index is 13.6. The van der Waals surface area contributed by atoms with Gasteiger partial charge in [-0.1, -0.05) is 13.8 Å². The summed E-state index contributed by atoms with van der Waals surface area (Å²) in [5, 5.41) is 6.49. The van der Waals surface area contributed by atoms with E-state index < -0.39 is 23.4 Å². The van der Waals surface area contributed by atoms with Crippen LogP contribution in [0.3, 0.4) is 0 Å². The van der Waals surface area contributed by atoms with E-state index in [1.165, 1.54) is 31.2 Å². The first kappa shape index (κ1) is 23.4. The minimum absolute atomic E-state index is 0.0562. The molecule has 1 heterocycles. The Bertz CT molecular complexity index is 859. The fourth-order valence-electron chi connectivity index (χ4n) is 2.90. The van der Waals surface area contributed by atoms with Crippen molar-refractivity contribution in [2.45, 2.75) is 26.9 Å². The Labute approximate surface area is 172 Å². The van der Waals surface area contributed by atoms with Gasteiger partial charge in [-0.25, -0.2) is 9.48 Å². The van der Waals surface area contributed by atoms with E-state index in [1.54, 1.807) is 0 Å². The Balaban J connectivity index is 2.20. The molecule has 1 N–H and O–H groups in total. The van der Waals surface area contributed by atoms with Crippen molar-refractivity contribution in [3.8, 4) is 5.69 Å². The zero-order valence-electron chi connectivity index (χ0n) is 17.1. The summed E-state index contributed by atoms with van der Waals surface area (Å²) in [5.41, 5.74) is -1.51. The SMILES string of the molecule is CCOC(=O)c1cnn(-c2ccc(C(=O)NCCN(CC)CC)cc2)c1C(F)(F)F. The molecule has 7 nitrogen and oxygen atoms in total. The minimum Gasteiger partial charge on any atom is -0.462 e. The molecule has 0 fully saturated rings. The number of nitrogens with one attached hydrogen (secondary N) is 1. The molecule has 0 atom stereocenters. The number of hydrogen-bond donors (Lipinski definition) is 1. The van der Waals surface area contributed by atoms with Crippen LogP contribution in [0.5, 0.6) is 0 Å². The number of benzene rings is 1. The van der Waals surface area contributed by atoms with Crippen LogP contribution in [-0.2, 0) is 10.9 Å². The Kier molecular flexibility index (Phi) is 7.99. The molecule has 0 aliphatic carbocycles. The number of carbonyl (C=O) groups is 2.